The van der Waals surface area contributed by atoms with Crippen molar-refractivity contribution in [2.24, 2.45) is 0 Å². The van der Waals surface area contributed by atoms with Crippen molar-refractivity contribution in [3.63, 3.8) is 0 Å². The highest BCUT2D eigenvalue weighted by molar-refractivity contribution is 5.82. The van der Waals surface area contributed by atoms with Crippen LogP contribution in [0.4, 0.5) is 0 Å². The summed E-state index contributed by atoms with van der Waals surface area (Å²) >= 11 is 0. The lowest BCUT2D eigenvalue weighted by Crippen LogP contribution is -2.30. The lowest BCUT2D eigenvalue weighted by atomic mass is 10.0. The molecule has 0 radical (unpaired) electrons. The van der Waals surface area contributed by atoms with E-state index in [-0.39, 0.29) is 25.2 Å². The van der Waals surface area contributed by atoms with Crippen LogP contribution < -0.4 is 0 Å². The fourth-order valence-corrected chi connectivity index (χ4v) is 7.33. The van der Waals surface area contributed by atoms with E-state index < -0.39 is 12.1 Å². The number of esters is 3. The van der Waals surface area contributed by atoms with Crippen molar-refractivity contribution in [2.45, 2.75) is 258 Å². The first kappa shape index (κ1) is 58.1. The molecule has 6 nitrogen and oxygen atoms in total. The summed E-state index contributed by atoms with van der Waals surface area (Å²) in [6.45, 7) is 6.49. The molecule has 61 heavy (non-hydrogen) atoms. The monoisotopic (exact) mass is 853 g/mol. The molecule has 0 saturated carbocycles. The fourth-order valence-electron chi connectivity index (χ4n) is 7.33. The maximum Gasteiger partial charge on any atom is 0.330 e. The van der Waals surface area contributed by atoms with Crippen LogP contribution in [-0.4, -0.2) is 37.2 Å². The number of unbranched alkanes of at least 4 members (excludes halogenated alkanes) is 31. The summed E-state index contributed by atoms with van der Waals surface area (Å²) in [7, 11) is 0. The van der Waals surface area contributed by atoms with Crippen LogP contribution in [0.2, 0.25) is 0 Å². The van der Waals surface area contributed by atoms with Crippen LogP contribution in [0.15, 0.2) is 60.8 Å². The number of ether oxygens (including phenoxy) is 3. The van der Waals surface area contributed by atoms with Gasteiger partial charge in [0.2, 0.25) is 0 Å². The van der Waals surface area contributed by atoms with E-state index in [2.05, 4.69) is 32.9 Å². The van der Waals surface area contributed by atoms with Gasteiger partial charge in [-0.2, -0.15) is 0 Å². The summed E-state index contributed by atoms with van der Waals surface area (Å²) < 4.78 is 16.6. The minimum Gasteiger partial charge on any atom is -0.462 e. The quantitative estimate of drug-likeness (QED) is 0.0200. The molecule has 0 rings (SSSR count). The zero-order chi connectivity index (χ0) is 44.4. The number of carbonyl (C=O) groups excluding carboxylic acids is 3. The zero-order valence-corrected chi connectivity index (χ0v) is 40.2. The second-order valence-electron chi connectivity index (χ2n) is 17.3. The molecule has 0 aromatic rings. The van der Waals surface area contributed by atoms with E-state index in [1.165, 1.54) is 179 Å². The van der Waals surface area contributed by atoms with E-state index >= 15 is 0 Å². The lowest BCUT2D eigenvalue weighted by Gasteiger charge is -2.18. The van der Waals surface area contributed by atoms with Crippen molar-refractivity contribution in [3.8, 4) is 0 Å². The Bertz CT molecular complexity index is 1120. The van der Waals surface area contributed by atoms with Crippen molar-refractivity contribution in [2.75, 3.05) is 13.2 Å². The van der Waals surface area contributed by atoms with Gasteiger partial charge in [-0.05, 0) is 25.7 Å². The molecule has 0 aliphatic rings. The third-order valence-corrected chi connectivity index (χ3v) is 11.2. The molecule has 1 atom stereocenters. The Hall–Kier alpha value is -2.89. The van der Waals surface area contributed by atoms with Crippen LogP contribution in [0.5, 0.6) is 0 Å². The largest absolute Gasteiger partial charge is 0.462 e. The van der Waals surface area contributed by atoms with Crippen LogP contribution in [-0.2, 0) is 28.6 Å². The van der Waals surface area contributed by atoms with Gasteiger partial charge >= 0.3 is 17.9 Å². The molecule has 0 spiro atoms. The first-order valence-corrected chi connectivity index (χ1v) is 25.9. The maximum absolute atomic E-state index is 12.8. The van der Waals surface area contributed by atoms with Crippen molar-refractivity contribution in [3.05, 3.63) is 60.8 Å². The van der Waals surface area contributed by atoms with Gasteiger partial charge in [-0.3, -0.25) is 9.59 Å². The van der Waals surface area contributed by atoms with Crippen LogP contribution >= 0.6 is 0 Å². The molecule has 0 heterocycles. The number of hydrogen-bond donors (Lipinski definition) is 0. The van der Waals surface area contributed by atoms with E-state index in [0.29, 0.717) is 12.8 Å². The predicted molar refractivity (Wildman–Crippen MR) is 261 cm³/mol. The number of allylic oxidation sites excluding steroid dienone is 9. The Balaban J connectivity index is 4.55. The summed E-state index contributed by atoms with van der Waals surface area (Å²) in [4.78, 5) is 37.8. The van der Waals surface area contributed by atoms with Gasteiger partial charge in [-0.1, -0.05) is 268 Å². The van der Waals surface area contributed by atoms with Gasteiger partial charge in [-0.15, -0.1) is 0 Å². The highest BCUT2D eigenvalue weighted by atomic mass is 16.6. The molecule has 0 saturated heterocycles. The Morgan fingerprint density at radius 2 is 0.689 bits per heavy atom. The molecule has 0 aliphatic carbocycles. The van der Waals surface area contributed by atoms with Crippen LogP contribution in [0, 0.1) is 0 Å². The van der Waals surface area contributed by atoms with Gasteiger partial charge in [0.1, 0.15) is 13.2 Å². The van der Waals surface area contributed by atoms with Crippen molar-refractivity contribution in [1.82, 2.24) is 0 Å². The minimum atomic E-state index is -0.836. The Morgan fingerprint density at radius 3 is 1.11 bits per heavy atom. The van der Waals surface area contributed by atoms with Gasteiger partial charge in [0.05, 0.1) is 0 Å². The predicted octanol–water partition coefficient (Wildman–Crippen LogP) is 16.9. The first-order chi connectivity index (χ1) is 30.0. The van der Waals surface area contributed by atoms with Crippen molar-refractivity contribution in [1.29, 1.82) is 0 Å². The van der Waals surface area contributed by atoms with Gasteiger partial charge in [-0.25, -0.2) is 4.79 Å². The Labute approximate surface area is 377 Å². The van der Waals surface area contributed by atoms with Crippen molar-refractivity contribution >= 4 is 17.9 Å². The van der Waals surface area contributed by atoms with Crippen LogP contribution in [0.1, 0.15) is 252 Å². The second kappa shape index (κ2) is 49.8. The third-order valence-electron chi connectivity index (χ3n) is 11.2. The highest BCUT2D eigenvalue weighted by Crippen LogP contribution is 2.15. The number of hydrogen-bond acceptors (Lipinski definition) is 6. The smallest absolute Gasteiger partial charge is 0.330 e. The summed E-state index contributed by atoms with van der Waals surface area (Å²) in [5.74, 6) is -1.20. The third kappa shape index (κ3) is 48.0. The van der Waals surface area contributed by atoms with Gasteiger partial charge in [0.15, 0.2) is 6.10 Å². The molecule has 1 unspecified atom stereocenters. The fraction of sp³-hybridized carbons (Fsp3) is 0.764. The molecule has 0 aromatic heterocycles. The second-order valence-corrected chi connectivity index (χ2v) is 17.3. The first-order valence-electron chi connectivity index (χ1n) is 25.9. The van der Waals surface area contributed by atoms with E-state index in [0.717, 1.165) is 44.9 Å². The average Bonchev–Trinajstić information content (AvgIpc) is 3.26. The molecule has 0 fully saturated rings. The van der Waals surface area contributed by atoms with Gasteiger partial charge < -0.3 is 14.2 Å². The average molecular weight is 853 g/mol. The van der Waals surface area contributed by atoms with E-state index in [4.69, 9.17) is 14.2 Å². The summed E-state index contributed by atoms with van der Waals surface area (Å²) in [5, 5.41) is 0. The Kier molecular flexibility index (Phi) is 47.4. The van der Waals surface area contributed by atoms with Crippen LogP contribution in [0.25, 0.3) is 0 Å². The number of carbonyl (C=O) groups is 3. The zero-order valence-electron chi connectivity index (χ0n) is 40.2. The molecular formula is C55H96O6. The normalized spacial score (nSPS) is 12.5. The molecule has 6 heteroatoms. The molecule has 0 N–H and O–H groups in total. The lowest BCUT2D eigenvalue weighted by molar-refractivity contribution is -0.165. The molecule has 0 aliphatic heterocycles. The standard InChI is InChI=1S/C55H96O6/c1-4-7-10-13-16-19-22-25-26-27-28-31-33-36-39-42-45-48-54(57)60-51-52(61-55(58)49-46-43-40-37-34-30-24-21-18-15-12-9-6-3)50-59-53(56)47-44-41-38-35-32-29-23-20-17-14-11-8-5-2/h26-28,31,33,36,39,42,45,48,52H,4-25,29-30,32,34-35,37-38,40-41,43-44,46-47,49-51H2,1-3H3. The molecule has 0 aromatic carbocycles. The number of rotatable bonds is 46. The van der Waals surface area contributed by atoms with Crippen LogP contribution in [0.3, 0.4) is 0 Å². The highest BCUT2D eigenvalue weighted by Gasteiger charge is 2.19. The minimum absolute atomic E-state index is 0.120. The topological polar surface area (TPSA) is 78.9 Å². The molecule has 0 bridgehead atoms. The van der Waals surface area contributed by atoms with E-state index in [1.54, 1.807) is 12.2 Å². The molecular weight excluding hydrogens is 757 g/mol. The summed E-state index contributed by atoms with van der Waals surface area (Å²) in [5.41, 5.74) is 0. The van der Waals surface area contributed by atoms with Crippen molar-refractivity contribution < 1.29 is 28.6 Å². The molecule has 352 valence electrons. The maximum atomic E-state index is 12.8. The van der Waals surface area contributed by atoms with Gasteiger partial charge in [0, 0.05) is 18.9 Å². The molecule has 0 amide bonds. The van der Waals surface area contributed by atoms with Gasteiger partial charge in [0.25, 0.3) is 0 Å². The van der Waals surface area contributed by atoms with E-state index in [1.807, 2.05) is 30.4 Å². The van der Waals surface area contributed by atoms with E-state index in [9.17, 15) is 14.4 Å². The Morgan fingerprint density at radius 1 is 0.361 bits per heavy atom. The summed E-state index contributed by atoms with van der Waals surface area (Å²) in [6, 6.07) is 0. The SMILES string of the molecule is CCCCCCCCCC=CC=CC=CC=CC=CC(=O)OCC(COC(=O)CCCCCCCCCCCCCCC)OC(=O)CCCCCCCCCCCCCCC. The summed E-state index contributed by atoms with van der Waals surface area (Å²) in [6.07, 6.45) is 61.2.